The highest BCUT2D eigenvalue weighted by molar-refractivity contribution is 8.14. The Morgan fingerprint density at radius 1 is 1.20 bits per heavy atom. The molecular formula is C24H25N5O5S. The molecule has 10 nitrogen and oxygen atoms in total. The maximum absolute atomic E-state index is 13.1. The van der Waals surface area contributed by atoms with Crippen molar-refractivity contribution < 1.29 is 23.8 Å². The molecule has 11 heteroatoms. The van der Waals surface area contributed by atoms with E-state index in [1.165, 1.54) is 11.8 Å². The number of fused-ring (bicyclic) bond motifs is 2. The van der Waals surface area contributed by atoms with E-state index in [9.17, 15) is 9.59 Å². The van der Waals surface area contributed by atoms with E-state index >= 15 is 0 Å². The van der Waals surface area contributed by atoms with Gasteiger partial charge in [-0.3, -0.25) is 24.8 Å². The van der Waals surface area contributed by atoms with Gasteiger partial charge in [-0.1, -0.05) is 11.8 Å². The Bertz CT molecular complexity index is 1190. The first-order chi connectivity index (χ1) is 17.0. The molecule has 0 bridgehead atoms. The van der Waals surface area contributed by atoms with Gasteiger partial charge >= 0.3 is 0 Å². The van der Waals surface area contributed by atoms with Gasteiger partial charge in [-0.05, 0) is 50.2 Å². The summed E-state index contributed by atoms with van der Waals surface area (Å²) < 4.78 is 16.6. The Hall–Kier alpha value is -3.86. The van der Waals surface area contributed by atoms with E-state index in [1.54, 1.807) is 47.3 Å². The number of nitrogens with zero attached hydrogens (tertiary/aromatic N) is 3. The van der Waals surface area contributed by atoms with Gasteiger partial charge in [0.05, 0.1) is 11.9 Å². The summed E-state index contributed by atoms with van der Waals surface area (Å²) in [5.74, 6) is 1.65. The molecule has 182 valence electrons. The van der Waals surface area contributed by atoms with Crippen LogP contribution in [0.1, 0.15) is 13.8 Å². The minimum atomic E-state index is -0.679. The number of nitrogens with one attached hydrogen (secondary N) is 2. The zero-order valence-corrected chi connectivity index (χ0v) is 20.1. The molecule has 0 radical (unpaired) electrons. The number of hydrogen-bond acceptors (Lipinski definition) is 9. The van der Waals surface area contributed by atoms with Crippen LogP contribution in [0.2, 0.25) is 0 Å². The number of rotatable bonds is 6. The lowest BCUT2D eigenvalue weighted by atomic mass is 10.2. The predicted octanol–water partition coefficient (Wildman–Crippen LogP) is 2.94. The molecule has 2 aromatic rings. The quantitative estimate of drug-likeness (QED) is 0.631. The van der Waals surface area contributed by atoms with Crippen molar-refractivity contribution in [1.82, 2.24) is 10.3 Å². The van der Waals surface area contributed by atoms with Crippen LogP contribution in [-0.4, -0.2) is 53.1 Å². The molecule has 0 fully saturated rings. The average Bonchev–Trinajstić information content (AvgIpc) is 3.28. The van der Waals surface area contributed by atoms with Crippen molar-refractivity contribution in [3.05, 3.63) is 54.9 Å². The largest absolute Gasteiger partial charge is 0.494 e. The number of benzene rings is 2. The average molecular weight is 496 g/mol. The monoisotopic (exact) mass is 495 g/mol. The molecule has 35 heavy (non-hydrogen) atoms. The van der Waals surface area contributed by atoms with Crippen LogP contribution in [0.15, 0.2) is 60.0 Å². The van der Waals surface area contributed by atoms with Crippen LogP contribution in [-0.2, 0) is 9.59 Å². The summed E-state index contributed by atoms with van der Waals surface area (Å²) in [7, 11) is 0. The molecular weight excluding hydrogens is 470 g/mol. The zero-order chi connectivity index (χ0) is 24.4. The maximum atomic E-state index is 13.1. The van der Waals surface area contributed by atoms with Gasteiger partial charge < -0.3 is 19.5 Å². The van der Waals surface area contributed by atoms with Crippen LogP contribution in [0.25, 0.3) is 0 Å². The van der Waals surface area contributed by atoms with Gasteiger partial charge in [0.15, 0.2) is 16.7 Å². The molecule has 0 saturated heterocycles. The van der Waals surface area contributed by atoms with Gasteiger partial charge in [-0.2, -0.15) is 5.10 Å². The lowest BCUT2D eigenvalue weighted by Gasteiger charge is -2.32. The summed E-state index contributed by atoms with van der Waals surface area (Å²) in [6.45, 7) is 5.27. The fourth-order valence-corrected chi connectivity index (χ4v) is 4.64. The van der Waals surface area contributed by atoms with Crippen molar-refractivity contribution in [2.24, 2.45) is 5.10 Å². The normalized spacial score (nSPS) is 19.0. The van der Waals surface area contributed by atoms with Gasteiger partial charge in [0.1, 0.15) is 19.0 Å². The number of hydrogen-bond donors (Lipinski definition) is 2. The van der Waals surface area contributed by atoms with Crippen LogP contribution < -0.4 is 29.9 Å². The Balaban J connectivity index is 1.21. The molecule has 2 N–H and O–H groups in total. The molecule has 3 heterocycles. The Morgan fingerprint density at radius 2 is 1.97 bits per heavy atom. The first-order valence-corrected chi connectivity index (χ1v) is 12.1. The zero-order valence-electron chi connectivity index (χ0n) is 19.3. The van der Waals surface area contributed by atoms with E-state index in [-0.39, 0.29) is 11.8 Å². The molecule has 0 aliphatic carbocycles. The first kappa shape index (κ1) is 22.9. The molecule has 2 amide bonds. The maximum Gasteiger partial charge on any atom is 0.276 e. The van der Waals surface area contributed by atoms with E-state index in [4.69, 9.17) is 14.2 Å². The fourth-order valence-electron chi connectivity index (χ4n) is 3.76. The summed E-state index contributed by atoms with van der Waals surface area (Å²) in [4.78, 5) is 29.2. The Kier molecular flexibility index (Phi) is 6.41. The molecule has 2 unspecified atom stereocenters. The van der Waals surface area contributed by atoms with Crippen molar-refractivity contribution in [3.63, 3.8) is 0 Å². The highest BCUT2D eigenvalue weighted by Gasteiger charge is 2.39. The lowest BCUT2D eigenvalue weighted by Crippen LogP contribution is -2.52. The first-order valence-electron chi connectivity index (χ1n) is 11.3. The second kappa shape index (κ2) is 9.79. The van der Waals surface area contributed by atoms with E-state index in [0.717, 1.165) is 11.4 Å². The van der Waals surface area contributed by atoms with Crippen LogP contribution in [0.3, 0.4) is 0 Å². The summed E-state index contributed by atoms with van der Waals surface area (Å²) in [6.07, 6.45) is 2.79. The second-order valence-electron chi connectivity index (χ2n) is 7.87. The smallest absolute Gasteiger partial charge is 0.276 e. The molecule has 3 aliphatic heterocycles. The molecule has 0 aromatic heterocycles. The van der Waals surface area contributed by atoms with Crippen LogP contribution >= 0.6 is 11.8 Å². The van der Waals surface area contributed by atoms with Crippen LogP contribution in [0, 0.1) is 0 Å². The van der Waals surface area contributed by atoms with Crippen LogP contribution in [0.4, 0.5) is 11.4 Å². The van der Waals surface area contributed by atoms with Gasteiger partial charge in [0.25, 0.3) is 5.91 Å². The predicted molar refractivity (Wildman–Crippen MR) is 134 cm³/mol. The number of thioether (sulfide) groups is 1. The third-order valence-corrected chi connectivity index (χ3v) is 6.60. The fraction of sp³-hybridized carbons (Fsp3) is 0.292. The summed E-state index contributed by atoms with van der Waals surface area (Å²) in [5, 5.41) is 7.28. The number of ether oxygens (including phenoxy) is 3. The minimum absolute atomic E-state index is 0.176. The molecule has 0 spiro atoms. The van der Waals surface area contributed by atoms with Gasteiger partial charge in [-0.25, -0.2) is 0 Å². The minimum Gasteiger partial charge on any atom is -0.494 e. The highest BCUT2D eigenvalue weighted by Crippen LogP contribution is 2.33. The van der Waals surface area contributed by atoms with Gasteiger partial charge in [0, 0.05) is 29.8 Å². The lowest BCUT2D eigenvalue weighted by molar-refractivity contribution is -0.122. The number of anilines is 2. The van der Waals surface area contributed by atoms with E-state index in [1.807, 2.05) is 31.2 Å². The van der Waals surface area contributed by atoms with Crippen molar-refractivity contribution in [2.45, 2.75) is 25.3 Å². The molecule has 0 saturated carbocycles. The SMILES string of the molecule is CCOc1ccc(N2C=CN3C(SC(C)C(=O)Nc4ccc5c(c4)OCCO5)=NNC3C2=O)cc1. The van der Waals surface area contributed by atoms with Crippen LogP contribution in [0.5, 0.6) is 17.2 Å². The summed E-state index contributed by atoms with van der Waals surface area (Å²) in [6, 6.07) is 12.6. The topological polar surface area (TPSA) is 105 Å². The molecule has 2 atom stereocenters. The number of carbonyl (C=O) groups excluding carboxylic acids is 2. The van der Waals surface area contributed by atoms with E-state index in [2.05, 4.69) is 15.8 Å². The van der Waals surface area contributed by atoms with Crippen molar-refractivity contribution in [1.29, 1.82) is 0 Å². The highest BCUT2D eigenvalue weighted by atomic mass is 32.2. The van der Waals surface area contributed by atoms with Gasteiger partial charge in [0.2, 0.25) is 12.1 Å². The standard InChI is InChI=1S/C24H25N5O5S/c1-3-32-18-7-5-17(6-8-18)28-10-11-29-21(23(28)31)26-27-24(29)35-15(2)22(30)25-16-4-9-19-20(14-16)34-13-12-33-19/h4-11,14-15,21,26H,3,12-13H2,1-2H3,(H,25,30). The van der Waals surface area contributed by atoms with E-state index < -0.39 is 11.4 Å². The molecule has 3 aliphatic rings. The number of hydrazone groups is 1. The Labute approximate surface area is 206 Å². The third kappa shape index (κ3) is 4.72. The van der Waals surface area contributed by atoms with Gasteiger partial charge in [-0.15, -0.1) is 0 Å². The number of amides is 2. The Morgan fingerprint density at radius 3 is 2.74 bits per heavy atom. The van der Waals surface area contributed by atoms with Crippen molar-refractivity contribution >= 4 is 40.1 Å². The number of carbonyl (C=O) groups is 2. The number of amidine groups is 1. The summed E-state index contributed by atoms with van der Waals surface area (Å²) in [5.41, 5.74) is 4.23. The molecule has 2 aromatic carbocycles. The summed E-state index contributed by atoms with van der Waals surface area (Å²) >= 11 is 1.26. The molecule has 5 rings (SSSR count). The third-order valence-electron chi connectivity index (χ3n) is 5.52. The van der Waals surface area contributed by atoms with Crippen molar-refractivity contribution in [3.8, 4) is 17.2 Å². The van der Waals surface area contributed by atoms with Crippen molar-refractivity contribution in [2.75, 3.05) is 30.0 Å². The second-order valence-corrected chi connectivity index (χ2v) is 9.18. The van der Waals surface area contributed by atoms with E-state index in [0.29, 0.717) is 42.2 Å².